The zero-order valence-corrected chi connectivity index (χ0v) is 17.2. The van der Waals surface area contributed by atoms with Crippen LogP contribution in [-0.4, -0.2) is 15.9 Å². The lowest BCUT2D eigenvalue weighted by molar-refractivity contribution is -0.111. The molecule has 0 aliphatic rings. The number of halogens is 1. The van der Waals surface area contributed by atoms with Gasteiger partial charge in [-0.25, -0.2) is 9.97 Å². The third-order valence-electron chi connectivity index (χ3n) is 3.93. The molecule has 0 aliphatic heterocycles. The monoisotopic (exact) mass is 436 g/mol. The maximum atomic E-state index is 11.4. The Morgan fingerprint density at radius 1 is 1.14 bits per heavy atom. The van der Waals surface area contributed by atoms with Crippen LogP contribution in [0.15, 0.2) is 69.3 Å². The Kier molecular flexibility index (Phi) is 5.67. The zero-order valence-electron chi connectivity index (χ0n) is 14.8. The smallest absolute Gasteiger partial charge is 0.300 e. The number of terminal acetylenes is 1. The molecule has 2 heterocycles. The topological polar surface area (TPSA) is 66.9 Å². The largest absolute Gasteiger partial charge is 0.340 e. The maximum Gasteiger partial charge on any atom is 0.300 e. The van der Waals surface area contributed by atoms with E-state index in [1.54, 1.807) is 35.2 Å². The summed E-state index contributed by atoms with van der Waals surface area (Å²) in [5, 5.41) is 9.39. The van der Waals surface area contributed by atoms with Crippen LogP contribution in [0.1, 0.15) is 0 Å². The van der Waals surface area contributed by atoms with E-state index >= 15 is 0 Å². The number of benzene rings is 2. The number of thiophene rings is 1. The highest BCUT2D eigenvalue weighted by Crippen LogP contribution is 2.37. The van der Waals surface area contributed by atoms with Crippen molar-refractivity contribution in [2.75, 3.05) is 10.6 Å². The lowest BCUT2D eigenvalue weighted by Gasteiger charge is -2.11. The third kappa shape index (κ3) is 4.51. The minimum atomic E-state index is -0.507. The third-order valence-corrected chi connectivity index (χ3v) is 6.46. The normalized spacial score (nSPS) is 10.5. The summed E-state index contributed by atoms with van der Waals surface area (Å²) in [5.74, 6) is 2.15. The van der Waals surface area contributed by atoms with E-state index in [2.05, 4.69) is 26.7 Å². The Morgan fingerprint density at radius 3 is 2.76 bits per heavy atom. The number of hydrogen-bond donors (Lipinski definition) is 2. The molecule has 0 aliphatic carbocycles. The fraction of sp³-hybridized carbons (Fsp3) is 0. The van der Waals surface area contributed by atoms with E-state index in [4.69, 9.17) is 18.0 Å². The van der Waals surface area contributed by atoms with Gasteiger partial charge >= 0.3 is 0 Å². The summed E-state index contributed by atoms with van der Waals surface area (Å²) >= 11 is 9.78. The van der Waals surface area contributed by atoms with Gasteiger partial charge < -0.3 is 10.6 Å². The molecule has 0 saturated heterocycles. The SMILES string of the molecule is C#CC(=O)Nc1ccc2c(Nc3ccc(Sc4cccs4)c(Cl)c3)ncnc2c1. The van der Waals surface area contributed by atoms with E-state index in [9.17, 15) is 4.79 Å². The van der Waals surface area contributed by atoms with Gasteiger partial charge in [0.2, 0.25) is 0 Å². The zero-order chi connectivity index (χ0) is 20.2. The minimum Gasteiger partial charge on any atom is -0.340 e. The van der Waals surface area contributed by atoms with Crippen molar-refractivity contribution in [2.45, 2.75) is 9.10 Å². The Balaban J connectivity index is 1.58. The first-order valence-corrected chi connectivity index (χ1v) is 10.5. The number of amides is 1. The van der Waals surface area contributed by atoms with Crippen molar-refractivity contribution < 1.29 is 4.79 Å². The molecule has 8 heteroatoms. The predicted octanol–water partition coefficient (Wildman–Crippen LogP) is 5.81. The van der Waals surface area contributed by atoms with Crippen LogP contribution in [0.3, 0.4) is 0 Å². The summed E-state index contributed by atoms with van der Waals surface area (Å²) < 4.78 is 1.18. The molecule has 0 radical (unpaired) electrons. The van der Waals surface area contributed by atoms with Gasteiger partial charge in [-0.2, -0.15) is 0 Å². The van der Waals surface area contributed by atoms with E-state index in [0.29, 0.717) is 22.0 Å². The molecule has 1 amide bonds. The minimum absolute atomic E-state index is 0.507. The lowest BCUT2D eigenvalue weighted by Crippen LogP contribution is -2.08. The Bertz CT molecular complexity index is 1240. The summed E-state index contributed by atoms with van der Waals surface area (Å²) in [6, 6.07) is 15.2. The first-order chi connectivity index (χ1) is 14.1. The van der Waals surface area contributed by atoms with Crippen molar-refractivity contribution >= 4 is 68.7 Å². The van der Waals surface area contributed by atoms with Crippen LogP contribution >= 0.6 is 34.7 Å². The molecule has 2 aromatic heterocycles. The van der Waals surface area contributed by atoms with Crippen molar-refractivity contribution in [3.8, 4) is 12.3 Å². The molecule has 2 aromatic carbocycles. The molecular formula is C21H13ClN4OS2. The molecule has 4 rings (SSSR count). The van der Waals surface area contributed by atoms with Crippen molar-refractivity contribution in [3.63, 3.8) is 0 Å². The number of fused-ring (bicyclic) bond motifs is 1. The fourth-order valence-electron chi connectivity index (χ4n) is 2.63. The number of carbonyl (C=O) groups is 1. The maximum absolute atomic E-state index is 11.4. The van der Waals surface area contributed by atoms with Gasteiger partial charge in [0.05, 0.1) is 14.7 Å². The Labute approximate surface area is 180 Å². The summed E-state index contributed by atoms with van der Waals surface area (Å²) in [5.41, 5.74) is 2.06. The summed E-state index contributed by atoms with van der Waals surface area (Å²) in [6.45, 7) is 0. The average molecular weight is 437 g/mol. The van der Waals surface area contributed by atoms with Gasteiger partial charge in [0.1, 0.15) is 12.1 Å². The van der Waals surface area contributed by atoms with Crippen molar-refractivity contribution in [1.29, 1.82) is 0 Å². The summed E-state index contributed by atoms with van der Waals surface area (Å²) in [4.78, 5) is 21.0. The van der Waals surface area contributed by atoms with Crippen LogP contribution < -0.4 is 10.6 Å². The van der Waals surface area contributed by atoms with Crippen LogP contribution in [-0.2, 0) is 4.79 Å². The summed E-state index contributed by atoms with van der Waals surface area (Å²) in [6.07, 6.45) is 6.55. The highest BCUT2D eigenvalue weighted by molar-refractivity contribution is 8.01. The number of carbonyl (C=O) groups excluding carboxylic acids is 1. The quantitative estimate of drug-likeness (QED) is 0.386. The molecule has 2 N–H and O–H groups in total. The first-order valence-electron chi connectivity index (χ1n) is 8.42. The van der Waals surface area contributed by atoms with Crippen LogP contribution in [0.2, 0.25) is 5.02 Å². The van der Waals surface area contributed by atoms with Gasteiger partial charge in [0, 0.05) is 21.7 Å². The first kappa shape index (κ1) is 19.3. The number of anilines is 3. The van der Waals surface area contributed by atoms with Gasteiger partial charge in [-0.1, -0.05) is 29.4 Å². The molecule has 0 bridgehead atoms. The van der Waals surface area contributed by atoms with Crippen molar-refractivity contribution in [1.82, 2.24) is 9.97 Å². The molecular weight excluding hydrogens is 424 g/mol. The molecule has 0 unspecified atom stereocenters. The van der Waals surface area contributed by atoms with Crippen LogP contribution in [0.4, 0.5) is 17.2 Å². The second-order valence-electron chi connectivity index (χ2n) is 5.86. The molecule has 0 saturated carbocycles. The molecule has 4 aromatic rings. The van der Waals surface area contributed by atoms with Crippen molar-refractivity contribution in [3.05, 3.63) is 65.3 Å². The number of rotatable bonds is 5. The number of hydrogen-bond acceptors (Lipinski definition) is 6. The molecule has 29 heavy (non-hydrogen) atoms. The molecule has 0 fully saturated rings. The fourth-order valence-corrected chi connectivity index (χ4v) is 4.66. The van der Waals surface area contributed by atoms with E-state index in [1.165, 1.54) is 10.5 Å². The standard InChI is InChI=1S/C21H13ClN4OS2/c1-2-19(27)25-14-5-7-15-17(11-14)23-12-24-21(15)26-13-6-8-18(16(22)10-13)29-20-4-3-9-28-20/h1,3-12H,(H,25,27)(H,23,24,26). The van der Waals surface area contributed by atoms with Gasteiger partial charge in [-0.15, -0.1) is 17.8 Å². The average Bonchev–Trinajstić information content (AvgIpc) is 3.23. The second-order valence-corrected chi connectivity index (χ2v) is 8.55. The molecule has 0 spiro atoms. The predicted molar refractivity (Wildman–Crippen MR) is 120 cm³/mol. The molecule has 0 atom stereocenters. The number of aromatic nitrogens is 2. The van der Waals surface area contributed by atoms with Gasteiger partial charge in [0.15, 0.2) is 0 Å². The Hall–Kier alpha value is -3.05. The Morgan fingerprint density at radius 2 is 2.00 bits per heavy atom. The van der Waals surface area contributed by atoms with Crippen molar-refractivity contribution in [2.24, 2.45) is 0 Å². The van der Waals surface area contributed by atoms with E-state index in [-0.39, 0.29) is 0 Å². The number of nitrogens with one attached hydrogen (secondary N) is 2. The molecule has 5 nitrogen and oxygen atoms in total. The van der Waals surface area contributed by atoms with Gasteiger partial charge in [0.25, 0.3) is 5.91 Å². The highest BCUT2D eigenvalue weighted by atomic mass is 35.5. The number of nitrogens with zero attached hydrogens (tertiary/aromatic N) is 2. The highest BCUT2D eigenvalue weighted by Gasteiger charge is 2.09. The van der Waals surface area contributed by atoms with E-state index in [0.717, 1.165) is 16.0 Å². The van der Waals surface area contributed by atoms with Gasteiger partial charge in [-0.3, -0.25) is 4.79 Å². The van der Waals surface area contributed by atoms with Gasteiger partial charge in [-0.05, 0) is 53.8 Å². The lowest BCUT2D eigenvalue weighted by atomic mass is 10.2. The van der Waals surface area contributed by atoms with Crippen LogP contribution in [0, 0.1) is 12.3 Å². The van der Waals surface area contributed by atoms with E-state index < -0.39 is 5.91 Å². The summed E-state index contributed by atoms with van der Waals surface area (Å²) in [7, 11) is 0. The molecule has 142 valence electrons. The van der Waals surface area contributed by atoms with Crippen LogP contribution in [0.25, 0.3) is 10.9 Å². The van der Waals surface area contributed by atoms with Crippen LogP contribution in [0.5, 0.6) is 0 Å². The second kappa shape index (κ2) is 8.53. The van der Waals surface area contributed by atoms with E-state index in [1.807, 2.05) is 41.6 Å².